The molecule has 0 atom stereocenters. The van der Waals surface area contributed by atoms with Crippen LogP contribution < -0.4 is 9.64 Å². The number of hydrogen-bond donors (Lipinski definition) is 0. The lowest BCUT2D eigenvalue weighted by atomic mass is 9.71. The molecule has 2 saturated heterocycles. The van der Waals surface area contributed by atoms with E-state index < -0.39 is 0 Å². The fourth-order valence-corrected chi connectivity index (χ4v) is 4.11. The largest absolute Gasteiger partial charge is 0.496 e. The summed E-state index contributed by atoms with van der Waals surface area (Å²) in [6, 6.07) is 7.45. The molecule has 1 spiro atoms. The average Bonchev–Trinajstić information content (AvgIpc) is 2.51. The smallest absolute Gasteiger partial charge is 0.124 e. The summed E-state index contributed by atoms with van der Waals surface area (Å²) in [5.74, 6) is 1.54. The van der Waals surface area contributed by atoms with E-state index in [-0.39, 0.29) is 0 Å². The van der Waals surface area contributed by atoms with Crippen LogP contribution in [0.25, 0.3) is 0 Å². The third-order valence-electron chi connectivity index (χ3n) is 5.84. The minimum Gasteiger partial charge on any atom is -0.496 e. The van der Waals surface area contributed by atoms with Gasteiger partial charge >= 0.3 is 0 Å². The minimum absolute atomic E-state index is 0.501. The van der Waals surface area contributed by atoms with Crippen molar-refractivity contribution in [3.8, 4) is 5.75 Å². The third-order valence-corrected chi connectivity index (χ3v) is 5.84. The highest BCUT2D eigenvalue weighted by Crippen LogP contribution is 2.42. The Bertz CT molecular complexity index is 537. The molecule has 2 aliphatic rings. The lowest BCUT2D eigenvalue weighted by Gasteiger charge is -2.56. The van der Waals surface area contributed by atoms with Crippen molar-refractivity contribution in [1.29, 1.82) is 0 Å². The summed E-state index contributed by atoms with van der Waals surface area (Å²) in [7, 11) is 1.78. The highest BCUT2D eigenvalue weighted by atomic mass is 16.5. The molecule has 0 amide bonds. The Kier molecular flexibility index (Phi) is 4.59. The number of nitrogens with zero attached hydrogens (tertiary/aromatic N) is 2. The molecule has 2 fully saturated rings. The molecule has 2 heterocycles. The molecule has 0 radical (unpaired) electrons. The first-order valence-corrected chi connectivity index (χ1v) is 9.11. The predicted octanol–water partition coefficient (Wildman–Crippen LogP) is 4.13. The van der Waals surface area contributed by atoms with E-state index in [1.165, 1.54) is 50.3 Å². The summed E-state index contributed by atoms with van der Waals surface area (Å²) >= 11 is 0. The first-order valence-electron chi connectivity index (χ1n) is 9.11. The van der Waals surface area contributed by atoms with E-state index in [1.54, 1.807) is 7.11 Å². The van der Waals surface area contributed by atoms with Crippen LogP contribution in [0.5, 0.6) is 5.75 Å². The Labute approximate surface area is 141 Å². The van der Waals surface area contributed by atoms with Crippen LogP contribution in [0, 0.1) is 5.41 Å². The number of rotatable bonds is 4. The maximum atomic E-state index is 5.62. The summed E-state index contributed by atoms with van der Waals surface area (Å²) in [4.78, 5) is 5.14. The molecule has 0 aliphatic carbocycles. The van der Waals surface area contributed by atoms with Crippen molar-refractivity contribution in [1.82, 2.24) is 4.90 Å². The molecule has 3 nitrogen and oxygen atoms in total. The quantitative estimate of drug-likeness (QED) is 0.830. The monoisotopic (exact) mass is 316 g/mol. The highest BCUT2D eigenvalue weighted by Gasteiger charge is 2.45. The van der Waals surface area contributed by atoms with Crippen LogP contribution in [-0.4, -0.2) is 44.2 Å². The maximum absolute atomic E-state index is 5.62. The number of anilines is 1. The first-order chi connectivity index (χ1) is 10.9. The van der Waals surface area contributed by atoms with Gasteiger partial charge in [-0.05, 0) is 49.7 Å². The molecular weight excluding hydrogens is 284 g/mol. The van der Waals surface area contributed by atoms with Crippen molar-refractivity contribution in [3.05, 3.63) is 23.8 Å². The molecule has 3 heteroatoms. The molecule has 0 bridgehead atoms. The number of methoxy groups -OCH3 is 1. The Morgan fingerprint density at radius 1 is 1.04 bits per heavy atom. The number of hydrogen-bond acceptors (Lipinski definition) is 3. The van der Waals surface area contributed by atoms with Gasteiger partial charge in [0.15, 0.2) is 0 Å². The van der Waals surface area contributed by atoms with Gasteiger partial charge in [0.1, 0.15) is 5.75 Å². The van der Waals surface area contributed by atoms with E-state index in [1.807, 2.05) is 0 Å². The van der Waals surface area contributed by atoms with Crippen LogP contribution in [0.2, 0.25) is 0 Å². The lowest BCUT2D eigenvalue weighted by Crippen LogP contribution is -2.62. The Morgan fingerprint density at radius 2 is 1.70 bits per heavy atom. The fraction of sp³-hybridized carbons (Fsp3) is 0.700. The molecule has 0 aromatic heterocycles. The molecule has 128 valence electrons. The second kappa shape index (κ2) is 6.35. The minimum atomic E-state index is 0.501. The van der Waals surface area contributed by atoms with Crippen molar-refractivity contribution in [2.75, 3.05) is 38.2 Å². The third kappa shape index (κ3) is 3.21. The van der Waals surface area contributed by atoms with E-state index in [4.69, 9.17) is 4.74 Å². The summed E-state index contributed by atoms with van der Waals surface area (Å²) < 4.78 is 5.62. The number of piperidine rings is 1. The second-order valence-corrected chi connectivity index (χ2v) is 8.07. The van der Waals surface area contributed by atoms with Crippen LogP contribution in [0.4, 0.5) is 5.69 Å². The molecule has 1 aromatic carbocycles. The van der Waals surface area contributed by atoms with Gasteiger partial charge in [0, 0.05) is 44.0 Å². The zero-order chi connectivity index (χ0) is 16.6. The van der Waals surface area contributed by atoms with Gasteiger partial charge in [-0.1, -0.05) is 19.9 Å². The van der Waals surface area contributed by atoms with Gasteiger partial charge in [0.25, 0.3) is 0 Å². The Hall–Kier alpha value is -1.22. The van der Waals surface area contributed by atoms with Crippen molar-refractivity contribution in [2.24, 2.45) is 5.41 Å². The number of ether oxygens (including phenoxy) is 1. The molecule has 0 unspecified atom stereocenters. The van der Waals surface area contributed by atoms with Crippen molar-refractivity contribution >= 4 is 5.69 Å². The molecular formula is C20H32N2O. The van der Waals surface area contributed by atoms with E-state index in [9.17, 15) is 0 Å². The van der Waals surface area contributed by atoms with Crippen molar-refractivity contribution in [2.45, 2.75) is 52.5 Å². The Balaban J connectivity index is 1.64. The molecule has 0 N–H and O–H groups in total. The summed E-state index contributed by atoms with van der Waals surface area (Å²) in [5.41, 5.74) is 3.22. The summed E-state index contributed by atoms with van der Waals surface area (Å²) in [6.45, 7) is 14.0. The topological polar surface area (TPSA) is 15.7 Å². The summed E-state index contributed by atoms with van der Waals surface area (Å²) in [6.07, 6.45) is 2.65. The first kappa shape index (κ1) is 16.6. The maximum Gasteiger partial charge on any atom is 0.124 e. The van der Waals surface area contributed by atoms with E-state index in [0.717, 1.165) is 5.75 Å². The average molecular weight is 316 g/mol. The van der Waals surface area contributed by atoms with Gasteiger partial charge in [-0.3, -0.25) is 4.90 Å². The molecule has 2 aliphatic heterocycles. The van der Waals surface area contributed by atoms with Crippen LogP contribution in [0.1, 0.15) is 52.0 Å². The lowest BCUT2D eigenvalue weighted by molar-refractivity contribution is -0.0380. The second-order valence-electron chi connectivity index (χ2n) is 8.07. The fourth-order valence-electron chi connectivity index (χ4n) is 4.11. The molecule has 23 heavy (non-hydrogen) atoms. The zero-order valence-electron chi connectivity index (χ0n) is 15.4. The zero-order valence-corrected chi connectivity index (χ0v) is 15.4. The van der Waals surface area contributed by atoms with E-state index in [0.29, 0.717) is 17.4 Å². The van der Waals surface area contributed by atoms with Crippen LogP contribution in [0.3, 0.4) is 0 Å². The number of likely N-dealkylation sites (tertiary alicyclic amines) is 1. The van der Waals surface area contributed by atoms with Gasteiger partial charge in [0.2, 0.25) is 0 Å². The molecule has 0 saturated carbocycles. The van der Waals surface area contributed by atoms with Gasteiger partial charge in [0.05, 0.1) is 7.11 Å². The predicted molar refractivity (Wildman–Crippen MR) is 97.7 cm³/mol. The normalized spacial score (nSPS) is 21.1. The van der Waals surface area contributed by atoms with Crippen LogP contribution >= 0.6 is 0 Å². The van der Waals surface area contributed by atoms with Gasteiger partial charge in [-0.2, -0.15) is 0 Å². The van der Waals surface area contributed by atoms with Crippen LogP contribution in [0.15, 0.2) is 18.2 Å². The molecule has 3 rings (SSSR count). The van der Waals surface area contributed by atoms with E-state index in [2.05, 4.69) is 55.7 Å². The van der Waals surface area contributed by atoms with Gasteiger partial charge in [-0.25, -0.2) is 0 Å². The highest BCUT2D eigenvalue weighted by molar-refractivity contribution is 5.55. The SMILES string of the molecule is COc1cc(N2CCC3(CC2)CN(C(C)C)C3)ccc1C(C)C. The number of benzene rings is 1. The summed E-state index contributed by atoms with van der Waals surface area (Å²) in [5, 5.41) is 0. The van der Waals surface area contributed by atoms with Crippen LogP contribution in [-0.2, 0) is 0 Å². The van der Waals surface area contributed by atoms with E-state index >= 15 is 0 Å². The molecule has 1 aromatic rings. The standard InChI is InChI=1S/C20H32N2O/c1-15(2)18-7-6-17(12-19(18)23-5)21-10-8-20(9-11-21)13-22(14-20)16(3)4/h6-7,12,15-16H,8-11,13-14H2,1-5H3. The van der Waals surface area contributed by atoms with Gasteiger partial charge in [-0.15, -0.1) is 0 Å². The Morgan fingerprint density at radius 3 is 2.22 bits per heavy atom. The van der Waals surface area contributed by atoms with Gasteiger partial charge < -0.3 is 9.64 Å². The van der Waals surface area contributed by atoms with Crippen molar-refractivity contribution < 1.29 is 4.74 Å². The van der Waals surface area contributed by atoms with Crippen molar-refractivity contribution in [3.63, 3.8) is 0 Å².